The van der Waals surface area contributed by atoms with E-state index in [-0.39, 0.29) is 23.0 Å². The summed E-state index contributed by atoms with van der Waals surface area (Å²) in [6, 6.07) is 5.67. The molecular weight excluding hydrogens is 384 g/mol. The summed E-state index contributed by atoms with van der Waals surface area (Å²) in [5, 5.41) is 29.5. The third-order valence-electron chi connectivity index (χ3n) is 3.62. The minimum absolute atomic E-state index is 0.00180. The molecule has 0 aliphatic carbocycles. The van der Waals surface area contributed by atoms with E-state index in [4.69, 9.17) is 5.73 Å². The number of carbonyl (C=O) groups is 1. The lowest BCUT2D eigenvalue weighted by Crippen LogP contribution is -2.23. The first-order valence-corrected chi connectivity index (χ1v) is 8.12. The number of hydrogen-bond donors (Lipinski definition) is 2. The van der Waals surface area contributed by atoms with Gasteiger partial charge in [0.25, 0.3) is 11.6 Å². The number of anilines is 1. The predicted octanol–water partition coefficient (Wildman–Crippen LogP) is -0.0338. The molecule has 14 nitrogen and oxygen atoms in total. The average Bonchev–Trinajstić information content (AvgIpc) is 3.27. The smallest absolute Gasteiger partial charge is 0.293 e. The van der Waals surface area contributed by atoms with Gasteiger partial charge in [-0.15, -0.1) is 5.10 Å². The first kappa shape index (κ1) is 19.6. The minimum Gasteiger partial charge on any atom is -0.378 e. The Kier molecular flexibility index (Phi) is 5.54. The molecule has 29 heavy (non-hydrogen) atoms. The molecule has 0 bridgehead atoms. The Labute approximate surface area is 163 Å². The van der Waals surface area contributed by atoms with Crippen molar-refractivity contribution < 1.29 is 14.3 Å². The number of aromatic nitrogens is 5. The van der Waals surface area contributed by atoms with Gasteiger partial charge in [0.05, 0.1) is 16.8 Å². The molecule has 0 atom stereocenters. The van der Waals surface area contributed by atoms with Crippen molar-refractivity contribution in [2.45, 2.75) is 6.54 Å². The van der Waals surface area contributed by atoms with E-state index in [2.05, 4.69) is 35.8 Å². The Morgan fingerprint density at radius 3 is 2.69 bits per heavy atom. The van der Waals surface area contributed by atoms with Crippen molar-refractivity contribution in [1.29, 1.82) is 0 Å². The molecule has 0 spiro atoms. The van der Waals surface area contributed by atoms with Crippen molar-refractivity contribution >= 4 is 23.6 Å². The Bertz CT molecular complexity index is 1050. The number of nitro groups is 1. The summed E-state index contributed by atoms with van der Waals surface area (Å²) >= 11 is 0. The fourth-order valence-corrected chi connectivity index (χ4v) is 2.33. The Morgan fingerprint density at radius 2 is 2.10 bits per heavy atom. The number of non-ortho nitro benzene ring substituents is 1. The molecule has 0 aliphatic rings. The van der Waals surface area contributed by atoms with Gasteiger partial charge < -0.3 is 10.6 Å². The second-order valence-corrected chi connectivity index (χ2v) is 6.06. The third kappa shape index (κ3) is 4.38. The van der Waals surface area contributed by atoms with Crippen LogP contribution in [0.1, 0.15) is 21.7 Å². The molecule has 1 amide bonds. The zero-order valence-electron chi connectivity index (χ0n) is 15.4. The zero-order valence-corrected chi connectivity index (χ0v) is 15.4. The van der Waals surface area contributed by atoms with Crippen LogP contribution in [0.2, 0.25) is 0 Å². The van der Waals surface area contributed by atoms with Crippen molar-refractivity contribution in [2.24, 2.45) is 5.10 Å². The van der Waals surface area contributed by atoms with E-state index in [0.29, 0.717) is 17.8 Å². The maximum Gasteiger partial charge on any atom is 0.293 e. The number of nitrogens with one attached hydrogen (secondary N) is 1. The normalized spacial score (nSPS) is 11.3. The highest BCUT2D eigenvalue weighted by atomic mass is 16.6. The van der Waals surface area contributed by atoms with E-state index < -0.39 is 10.8 Å². The maximum atomic E-state index is 12.5. The maximum absolute atomic E-state index is 12.5. The van der Waals surface area contributed by atoms with Crippen molar-refractivity contribution in [3.05, 3.63) is 51.3 Å². The first-order chi connectivity index (χ1) is 13.9. The number of hydrogen-bond acceptors (Lipinski definition) is 11. The highest BCUT2D eigenvalue weighted by Gasteiger charge is 2.24. The number of nitrogens with two attached hydrogens (primary N) is 1. The Morgan fingerprint density at radius 1 is 1.38 bits per heavy atom. The van der Waals surface area contributed by atoms with Gasteiger partial charge in [-0.05, 0) is 42.1 Å². The molecule has 0 unspecified atom stereocenters. The summed E-state index contributed by atoms with van der Waals surface area (Å²) in [6.45, 7) is 0.300. The minimum atomic E-state index is -0.610. The highest BCUT2D eigenvalue weighted by molar-refractivity contribution is 5.94. The van der Waals surface area contributed by atoms with Crippen molar-refractivity contribution in [2.75, 3.05) is 19.8 Å². The monoisotopic (exact) mass is 400 g/mol. The number of benzene rings is 1. The second-order valence-electron chi connectivity index (χ2n) is 6.06. The second kappa shape index (κ2) is 8.22. The number of nitrogens with zero attached hydrogens (tertiary/aromatic N) is 8. The van der Waals surface area contributed by atoms with Crippen molar-refractivity contribution in [1.82, 2.24) is 35.6 Å². The van der Waals surface area contributed by atoms with Gasteiger partial charge in [0, 0.05) is 18.7 Å². The standard InChI is InChI=1S/C15H16N10O4/c1-23(2)8-11-12(18-22-24(11)14-13(16)20-29-21-14)15(26)19-17-7-9-3-5-10(6-4-9)25(27)28/h3-7H,8H2,1-2H3,(H2,16,20)(H,19,26)/b17-7-. The van der Waals surface area contributed by atoms with Crippen LogP contribution in [0.4, 0.5) is 11.5 Å². The van der Waals surface area contributed by atoms with Gasteiger partial charge in [-0.25, -0.2) is 10.1 Å². The lowest BCUT2D eigenvalue weighted by molar-refractivity contribution is -0.384. The van der Waals surface area contributed by atoms with Crippen LogP contribution in [0.25, 0.3) is 5.82 Å². The molecule has 2 aromatic heterocycles. The van der Waals surface area contributed by atoms with Crippen LogP contribution in [0.5, 0.6) is 0 Å². The first-order valence-electron chi connectivity index (χ1n) is 8.12. The summed E-state index contributed by atoms with van der Waals surface area (Å²) < 4.78 is 5.84. The van der Waals surface area contributed by atoms with Crippen molar-refractivity contribution in [3.63, 3.8) is 0 Å². The van der Waals surface area contributed by atoms with Gasteiger partial charge >= 0.3 is 0 Å². The molecule has 1 aromatic carbocycles. The largest absolute Gasteiger partial charge is 0.378 e. The molecule has 3 rings (SSSR count). The molecule has 0 fully saturated rings. The molecule has 0 saturated heterocycles. The van der Waals surface area contributed by atoms with Crippen LogP contribution >= 0.6 is 0 Å². The van der Waals surface area contributed by atoms with E-state index in [1.54, 1.807) is 19.0 Å². The van der Waals surface area contributed by atoms with Gasteiger partial charge in [0.2, 0.25) is 11.6 Å². The summed E-state index contributed by atoms with van der Waals surface area (Å²) in [7, 11) is 3.60. The van der Waals surface area contributed by atoms with Crippen LogP contribution in [0, 0.1) is 10.1 Å². The SMILES string of the molecule is CN(C)Cc1c(C(=O)N/N=C\c2ccc([N+](=O)[O-])cc2)nnn1-c1nonc1N. The van der Waals surface area contributed by atoms with Crippen LogP contribution in [0.3, 0.4) is 0 Å². The Balaban J connectivity index is 1.79. The van der Waals surface area contributed by atoms with Gasteiger partial charge in [-0.3, -0.25) is 14.9 Å². The van der Waals surface area contributed by atoms with Crippen molar-refractivity contribution in [3.8, 4) is 5.82 Å². The van der Waals surface area contributed by atoms with Gasteiger partial charge in [0.15, 0.2) is 5.69 Å². The number of hydrazone groups is 1. The molecule has 0 radical (unpaired) electrons. The molecule has 0 saturated carbocycles. The number of rotatable bonds is 7. The fraction of sp³-hybridized carbons (Fsp3) is 0.200. The summed E-state index contributed by atoms with van der Waals surface area (Å²) in [6.07, 6.45) is 1.34. The quantitative estimate of drug-likeness (QED) is 0.310. The molecule has 0 aliphatic heterocycles. The predicted molar refractivity (Wildman–Crippen MR) is 99.2 cm³/mol. The molecule has 3 aromatic rings. The van der Waals surface area contributed by atoms with E-state index >= 15 is 0 Å². The van der Waals surface area contributed by atoms with E-state index in [1.807, 2.05) is 0 Å². The van der Waals surface area contributed by atoms with Crippen LogP contribution < -0.4 is 11.2 Å². The lowest BCUT2D eigenvalue weighted by atomic mass is 10.2. The van der Waals surface area contributed by atoms with E-state index in [9.17, 15) is 14.9 Å². The molecule has 3 N–H and O–H groups in total. The van der Waals surface area contributed by atoms with Crippen LogP contribution in [-0.4, -0.2) is 61.3 Å². The van der Waals surface area contributed by atoms with Gasteiger partial charge in [-0.1, -0.05) is 5.21 Å². The number of carbonyl (C=O) groups excluding carboxylic acids is 1. The topological polar surface area (TPSA) is 183 Å². The van der Waals surface area contributed by atoms with Crippen LogP contribution in [0.15, 0.2) is 34.0 Å². The summed E-state index contributed by atoms with van der Waals surface area (Å²) in [5.74, 6) is -0.498. The van der Waals surface area contributed by atoms with E-state index in [0.717, 1.165) is 0 Å². The highest BCUT2D eigenvalue weighted by Crippen LogP contribution is 2.17. The number of nitrogen functional groups attached to an aromatic ring is 1. The van der Waals surface area contributed by atoms with Gasteiger partial charge in [-0.2, -0.15) is 9.78 Å². The Hall–Kier alpha value is -4.20. The molecular formula is C15H16N10O4. The molecule has 150 valence electrons. The van der Waals surface area contributed by atoms with Crippen LogP contribution in [-0.2, 0) is 6.54 Å². The molecule has 2 heterocycles. The average molecular weight is 400 g/mol. The summed E-state index contributed by atoms with van der Waals surface area (Å²) in [5.41, 5.74) is 8.98. The molecule has 14 heteroatoms. The fourth-order valence-electron chi connectivity index (χ4n) is 2.33. The van der Waals surface area contributed by atoms with Gasteiger partial charge in [0.1, 0.15) is 0 Å². The number of nitro benzene ring substituents is 1. The lowest BCUT2D eigenvalue weighted by Gasteiger charge is -2.11. The zero-order chi connectivity index (χ0) is 21.0. The third-order valence-corrected chi connectivity index (χ3v) is 3.62. The summed E-state index contributed by atoms with van der Waals surface area (Å²) in [4.78, 5) is 24.5. The number of amides is 1. The van der Waals surface area contributed by atoms with E-state index in [1.165, 1.54) is 35.2 Å².